The van der Waals surface area contributed by atoms with Crippen molar-refractivity contribution < 1.29 is 1.40 Å². The predicted octanol–water partition coefficient (Wildman–Crippen LogP) is 1.76. The maximum absolute atomic E-state index is 4.19. The van der Waals surface area contributed by atoms with Gasteiger partial charge in [0.25, 0.3) is 0 Å². The van der Waals surface area contributed by atoms with Gasteiger partial charge in [0.15, 0.2) is 0 Å². The molecule has 0 radical (unpaired) electrons. The van der Waals surface area contributed by atoms with E-state index in [0.29, 0.717) is 0 Å². The Morgan fingerprint density at radius 3 is 1.25 bits per heavy atom. The topological polar surface area (TPSA) is 9.23 Å². The Hall–Kier alpha value is 1.85. The summed E-state index contributed by atoms with van der Waals surface area (Å²) in [7, 11) is 0. The highest BCUT2D eigenvalue weighted by molar-refractivity contribution is 14.2. The molecule has 0 fully saturated rings. The molecule has 0 rings (SSSR count). The molecule has 0 spiro atoms. The quantitative estimate of drug-likeness (QED) is 0.489. The smallest absolute Gasteiger partial charge is 0.124 e. The van der Waals surface area contributed by atoms with Crippen LogP contribution in [0.15, 0.2) is 0 Å². The molecule has 0 saturated carbocycles. The van der Waals surface area contributed by atoms with Gasteiger partial charge in [0.1, 0.15) is 46.0 Å². The maximum Gasteiger partial charge on any atom is 0.124 e. The van der Waals surface area contributed by atoms with E-state index in [1.165, 1.54) is 0 Å². The average Bonchev–Trinajstić information content (AvgIpc) is 0.918. The van der Waals surface area contributed by atoms with E-state index in [4.69, 9.17) is 0 Å². The number of halogens is 2. The lowest BCUT2D eigenvalue weighted by Crippen LogP contribution is -1.08. The van der Waals surface area contributed by atoms with Gasteiger partial charge in [0, 0.05) is 0 Å². The molecule has 0 heterocycles. The largest absolute Gasteiger partial charge is 0.247 e. The van der Waals surface area contributed by atoms with Crippen LogP contribution in [-0.2, 0) is 1.40 Å². The van der Waals surface area contributed by atoms with Gasteiger partial charge in [0.2, 0.25) is 0 Å². The lowest BCUT2D eigenvalue weighted by molar-refractivity contribution is 0.932. The minimum absolute atomic E-state index is 0. The molecule has 1 nitrogen and oxygen atoms in total. The molecule has 0 amide bonds. The monoisotopic (exact) mass is 304 g/mol. The van der Waals surface area contributed by atoms with E-state index in [1.807, 2.05) is 0 Å². The maximum atomic E-state index is 4.19. The van der Waals surface area contributed by atoms with Crippen molar-refractivity contribution in [1.29, 1.82) is 0 Å². The summed E-state index contributed by atoms with van der Waals surface area (Å²) in [5, 5.41) is 0. The minimum atomic E-state index is 0. The Labute approximate surface area is 56.9 Å². The van der Waals surface area contributed by atoms with Crippen molar-refractivity contribution in [2.45, 2.75) is 0 Å². The molecule has 0 aromatic carbocycles. The molecule has 0 aliphatic carbocycles. The Morgan fingerprint density at radius 1 is 1.25 bits per heavy atom. The van der Waals surface area contributed by atoms with Crippen LogP contribution in [0.25, 0.3) is 0 Å². The third kappa shape index (κ3) is 9.14. The van der Waals surface area contributed by atoms with Gasteiger partial charge < -0.3 is 0 Å². The van der Waals surface area contributed by atoms with Crippen molar-refractivity contribution in [3.63, 3.8) is 0 Å². The first-order chi connectivity index (χ1) is 1.41. The molecule has 0 N–H and O–H groups in total. The van der Waals surface area contributed by atoms with Crippen LogP contribution in [0.4, 0.5) is 0 Å². The molecule has 0 saturated heterocycles. The Morgan fingerprint density at radius 2 is 1.25 bits per heavy atom. The molecule has 4 heavy (non-hydrogen) atoms. The van der Waals surface area contributed by atoms with Crippen LogP contribution >= 0.6 is 55.9 Å². The molecule has 1 atom stereocenters. The minimum Gasteiger partial charge on any atom is -0.247 e. The zero-order valence-electron chi connectivity index (χ0n) is 1.87. The fourth-order valence-corrected chi connectivity index (χ4v) is 0. The van der Waals surface area contributed by atoms with Gasteiger partial charge in [-0.25, -0.2) is 1.40 Å². The fraction of sp³-hybridized carbons (Fsp3) is 0. The van der Waals surface area contributed by atoms with Gasteiger partial charge >= 0.3 is 0 Å². The third-order valence-electron chi connectivity index (χ3n) is 0. The van der Waals surface area contributed by atoms with Gasteiger partial charge in [-0.2, -0.15) is 9.90 Å². The van der Waals surface area contributed by atoms with Gasteiger partial charge in [-0.15, -0.1) is 0 Å². The molecule has 0 aliphatic heterocycles. The standard InChI is InChI=1S/I2O.H3P/c1-3-2;/h;1H3. The summed E-state index contributed by atoms with van der Waals surface area (Å²) in [6.07, 6.45) is 0. The van der Waals surface area contributed by atoms with E-state index < -0.39 is 0 Å². The molecule has 0 aliphatic rings. The first kappa shape index (κ1) is 9.28. The van der Waals surface area contributed by atoms with E-state index >= 15 is 0 Å². The van der Waals surface area contributed by atoms with E-state index in [2.05, 4.69) is 1.40 Å². The normalized spacial score (nSPS) is 4.50. The van der Waals surface area contributed by atoms with Crippen LogP contribution < -0.4 is 0 Å². The van der Waals surface area contributed by atoms with Crippen molar-refractivity contribution >= 4 is 55.9 Å². The lowest BCUT2D eigenvalue weighted by Gasteiger charge is -1.49. The number of rotatable bonds is 0. The zero-order chi connectivity index (χ0) is 2.71. The summed E-state index contributed by atoms with van der Waals surface area (Å²) in [6.45, 7) is 0. The third-order valence-corrected chi connectivity index (χ3v) is 0. The van der Waals surface area contributed by atoms with Crippen molar-refractivity contribution in [3.05, 3.63) is 0 Å². The Bertz CT molecular complexity index is 6.00. The van der Waals surface area contributed by atoms with Crippen molar-refractivity contribution in [3.8, 4) is 0 Å². The summed E-state index contributed by atoms with van der Waals surface area (Å²) in [4.78, 5) is 0. The Kier molecular flexibility index (Phi) is 20.5. The van der Waals surface area contributed by atoms with Crippen LogP contribution in [-0.4, -0.2) is 0 Å². The highest BCUT2D eigenvalue weighted by Gasteiger charge is 1.37. The van der Waals surface area contributed by atoms with Crippen LogP contribution in [0.5, 0.6) is 0 Å². The molecule has 1 unspecified atom stereocenters. The molecule has 0 bridgehead atoms. The number of hydrogen-bond acceptors (Lipinski definition) is 1. The summed E-state index contributed by atoms with van der Waals surface area (Å²) in [5.41, 5.74) is 0. The SMILES string of the molecule is IOI.P. The second-order valence-corrected chi connectivity index (χ2v) is 2.62. The van der Waals surface area contributed by atoms with E-state index in [9.17, 15) is 0 Å². The summed E-state index contributed by atoms with van der Waals surface area (Å²) in [6, 6.07) is 0. The highest BCUT2D eigenvalue weighted by Crippen LogP contribution is 1.90. The second kappa shape index (κ2) is 8.85. The van der Waals surface area contributed by atoms with Gasteiger partial charge in [0.05, 0.1) is 0 Å². The van der Waals surface area contributed by atoms with E-state index in [0.717, 1.165) is 0 Å². The lowest BCUT2D eigenvalue weighted by atomic mass is 16.0. The van der Waals surface area contributed by atoms with Gasteiger partial charge in [-0.1, -0.05) is 0 Å². The van der Waals surface area contributed by atoms with Crippen LogP contribution in [0.2, 0.25) is 0 Å². The van der Waals surface area contributed by atoms with Crippen LogP contribution in [0.1, 0.15) is 0 Å². The van der Waals surface area contributed by atoms with E-state index in [-0.39, 0.29) is 9.90 Å². The van der Waals surface area contributed by atoms with Crippen molar-refractivity contribution in [1.82, 2.24) is 0 Å². The molecule has 0 aromatic rings. The number of hydrogen-bond donors (Lipinski definition) is 0. The molecular weight excluding hydrogens is 301 g/mol. The predicted molar refractivity (Wildman–Crippen MR) is 40.2 cm³/mol. The van der Waals surface area contributed by atoms with Crippen LogP contribution in [0, 0.1) is 0 Å². The fourth-order valence-electron chi connectivity index (χ4n) is 0. The average molecular weight is 304 g/mol. The second-order valence-electron chi connectivity index (χ2n) is 0.0583. The summed E-state index contributed by atoms with van der Waals surface area (Å²) in [5.74, 6) is 0. The Balaban J connectivity index is 0. The molecule has 28 valence electrons. The van der Waals surface area contributed by atoms with Crippen molar-refractivity contribution in [2.24, 2.45) is 0 Å². The van der Waals surface area contributed by atoms with E-state index in [1.54, 1.807) is 46.0 Å². The highest BCUT2D eigenvalue weighted by atomic mass is 127. The molecule has 4 heteroatoms. The van der Waals surface area contributed by atoms with Gasteiger partial charge in [-0.05, 0) is 0 Å². The molecule has 0 aromatic heterocycles. The first-order valence-electron chi connectivity index (χ1n) is 0.309. The molecular formula is H3I2OP. The van der Waals surface area contributed by atoms with Crippen molar-refractivity contribution in [2.75, 3.05) is 0 Å². The van der Waals surface area contributed by atoms with Gasteiger partial charge in [-0.3, -0.25) is 0 Å². The zero-order valence-corrected chi connectivity index (χ0v) is 7.60. The van der Waals surface area contributed by atoms with Crippen LogP contribution in [0.3, 0.4) is 0 Å². The first-order valence-corrected chi connectivity index (χ1v) is 2.07. The summed E-state index contributed by atoms with van der Waals surface area (Å²) >= 11 is 3.55. The summed E-state index contributed by atoms with van der Waals surface area (Å²) < 4.78 is 4.19.